The van der Waals surface area contributed by atoms with Crippen LogP contribution in [0.3, 0.4) is 0 Å². The molecule has 0 spiro atoms. The smallest absolute Gasteiger partial charge is 0.308 e. The van der Waals surface area contributed by atoms with Crippen molar-refractivity contribution in [1.29, 1.82) is 0 Å². The molecule has 0 aliphatic heterocycles. The van der Waals surface area contributed by atoms with Gasteiger partial charge >= 0.3 is 11.9 Å². The van der Waals surface area contributed by atoms with Crippen LogP contribution in [0.1, 0.15) is 59.3 Å². The van der Waals surface area contributed by atoms with Gasteiger partial charge in [-0.1, -0.05) is 39.0 Å². The quantitative estimate of drug-likeness (QED) is 0.173. The van der Waals surface area contributed by atoms with Crippen molar-refractivity contribution in [2.45, 2.75) is 83.7 Å². The van der Waals surface area contributed by atoms with E-state index in [2.05, 4.69) is 13.0 Å². The summed E-state index contributed by atoms with van der Waals surface area (Å²) in [6.07, 6.45) is 4.64. The topological polar surface area (TPSA) is 188 Å². The van der Waals surface area contributed by atoms with Gasteiger partial charge in [-0.15, -0.1) is 10.1 Å². The van der Waals surface area contributed by atoms with Crippen LogP contribution in [0.2, 0.25) is 0 Å². The molecule has 0 unspecified atom stereocenters. The zero-order valence-electron chi connectivity index (χ0n) is 19.8. The summed E-state index contributed by atoms with van der Waals surface area (Å²) in [5.41, 5.74) is 0.958. The molecule has 2 rings (SSSR count). The second-order valence-corrected chi connectivity index (χ2v) is 9.12. The Morgan fingerprint density at radius 3 is 2.47 bits per heavy atom. The summed E-state index contributed by atoms with van der Waals surface area (Å²) in [5.74, 6) is -1.31. The van der Waals surface area contributed by atoms with Gasteiger partial charge < -0.3 is 30.4 Å². The van der Waals surface area contributed by atoms with Gasteiger partial charge in [-0.3, -0.25) is 9.59 Å². The number of carboxylic acids is 1. The fraction of sp³-hybridized carbons (Fsp3) is 0.739. The number of aliphatic hydroxyl groups is 3. The molecule has 11 nitrogen and oxygen atoms in total. The highest BCUT2D eigenvalue weighted by Gasteiger charge is 2.42. The van der Waals surface area contributed by atoms with Gasteiger partial charge in [-0.25, -0.2) is 0 Å². The van der Waals surface area contributed by atoms with Crippen molar-refractivity contribution in [2.75, 3.05) is 0 Å². The van der Waals surface area contributed by atoms with Crippen LogP contribution in [0.5, 0.6) is 0 Å². The van der Waals surface area contributed by atoms with E-state index < -0.39 is 35.5 Å². The lowest BCUT2D eigenvalue weighted by Gasteiger charge is -2.43. The molecule has 34 heavy (non-hydrogen) atoms. The minimum atomic E-state index is -1.50. The molecule has 0 saturated heterocycles. The van der Waals surface area contributed by atoms with E-state index in [4.69, 9.17) is 25.2 Å². The number of fused-ring (bicyclic) bond motifs is 1. The molecule has 0 radical (unpaired) electrons. The van der Waals surface area contributed by atoms with E-state index in [9.17, 15) is 24.9 Å². The lowest BCUT2D eigenvalue weighted by Crippen LogP contribution is -2.43. The summed E-state index contributed by atoms with van der Waals surface area (Å²) < 4.78 is 5.84. The summed E-state index contributed by atoms with van der Waals surface area (Å²) in [6, 6.07) is 0. The van der Waals surface area contributed by atoms with Gasteiger partial charge in [0.2, 0.25) is 0 Å². The number of hydrogen-bond donors (Lipinski definition) is 5. The number of carboxylic acid groups (broad SMARTS) is 1. The molecule has 0 aromatic rings. The summed E-state index contributed by atoms with van der Waals surface area (Å²) in [5, 5.41) is 52.7. The molecule has 11 heteroatoms. The van der Waals surface area contributed by atoms with Crippen molar-refractivity contribution in [2.24, 2.45) is 23.7 Å². The van der Waals surface area contributed by atoms with Crippen LogP contribution in [0, 0.1) is 33.8 Å². The van der Waals surface area contributed by atoms with Crippen LogP contribution in [-0.4, -0.2) is 67.1 Å². The molecular weight excluding hydrogens is 450 g/mol. The molecule has 0 bridgehead atoms. The van der Waals surface area contributed by atoms with Crippen LogP contribution in [0.4, 0.5) is 0 Å². The number of aliphatic carboxylic acids is 1. The van der Waals surface area contributed by atoms with Crippen molar-refractivity contribution in [3.8, 4) is 0 Å². The Bertz CT molecular complexity index is 748. The Kier molecular flexibility index (Phi) is 12.2. The number of hydrogen-bond acceptors (Lipinski definition) is 8. The zero-order valence-corrected chi connectivity index (χ0v) is 19.8. The number of nitrogens with zero attached hydrogens (tertiary/aromatic N) is 1. The molecule has 8 atom stereocenters. The minimum Gasteiger partial charge on any atom is -0.481 e. The van der Waals surface area contributed by atoms with Gasteiger partial charge in [-0.2, -0.15) is 0 Å². The standard InChI is InChI=1S/C23H36O7.HNO3/c1-4-13(2)23(29)30-20-11-17(25)9-15-6-5-14(3)19(22(15)20)8-7-16(24)10-18(26)12-21(27)28;2-1(3)4/h5-6,9,13-14,16-20,22,24-26H,4,7-8,10-12H2,1-3H3,(H,27,28);(H,2,3,4)/t13-,14-,16+,17+,18+,19-,20-,22-;/m0./s1. The first kappa shape index (κ1) is 29.5. The van der Waals surface area contributed by atoms with Gasteiger partial charge in [0, 0.05) is 12.3 Å². The van der Waals surface area contributed by atoms with Gasteiger partial charge in [0.25, 0.3) is 5.09 Å². The lowest BCUT2D eigenvalue weighted by molar-refractivity contribution is -0.742. The molecule has 5 N–H and O–H groups in total. The Balaban J connectivity index is 0.00000133. The lowest BCUT2D eigenvalue weighted by atomic mass is 9.66. The average Bonchev–Trinajstić information content (AvgIpc) is 2.71. The van der Waals surface area contributed by atoms with Gasteiger partial charge in [0.15, 0.2) is 0 Å². The van der Waals surface area contributed by atoms with Crippen LogP contribution in [-0.2, 0) is 14.3 Å². The van der Waals surface area contributed by atoms with Crippen molar-refractivity contribution in [1.82, 2.24) is 0 Å². The maximum absolute atomic E-state index is 12.4. The van der Waals surface area contributed by atoms with Crippen LogP contribution in [0.25, 0.3) is 0 Å². The molecule has 0 fully saturated rings. The average molecular weight is 488 g/mol. The van der Waals surface area contributed by atoms with Crippen LogP contribution >= 0.6 is 0 Å². The summed E-state index contributed by atoms with van der Waals surface area (Å²) >= 11 is 0. The van der Waals surface area contributed by atoms with E-state index >= 15 is 0 Å². The number of aliphatic hydroxyl groups excluding tert-OH is 3. The first-order valence-electron chi connectivity index (χ1n) is 11.5. The van der Waals surface area contributed by atoms with Gasteiger partial charge in [-0.05, 0) is 43.1 Å². The monoisotopic (exact) mass is 487 g/mol. The molecule has 194 valence electrons. The first-order chi connectivity index (χ1) is 15.8. The number of allylic oxidation sites excluding steroid dienone is 2. The maximum atomic E-state index is 12.4. The number of ether oxygens (including phenoxy) is 1. The second-order valence-electron chi connectivity index (χ2n) is 9.12. The normalized spacial score (nSPS) is 28.3. The highest BCUT2D eigenvalue weighted by Crippen LogP contribution is 2.44. The third kappa shape index (κ3) is 9.78. The van der Waals surface area contributed by atoms with E-state index in [0.717, 1.165) is 5.57 Å². The number of rotatable bonds is 10. The van der Waals surface area contributed by atoms with Crippen LogP contribution in [0.15, 0.2) is 23.8 Å². The first-order valence-corrected chi connectivity index (χ1v) is 11.5. The van der Waals surface area contributed by atoms with Gasteiger partial charge in [0.1, 0.15) is 6.10 Å². The molecular formula is C23H37NO10. The predicted octanol–water partition coefficient (Wildman–Crippen LogP) is 2.09. The molecule has 2 aliphatic rings. The van der Waals surface area contributed by atoms with E-state index in [1.807, 2.05) is 26.0 Å². The van der Waals surface area contributed by atoms with Crippen molar-refractivity contribution in [3.63, 3.8) is 0 Å². The molecule has 0 aromatic carbocycles. The molecule has 0 heterocycles. The minimum absolute atomic E-state index is 0.0156. The third-order valence-electron chi connectivity index (χ3n) is 6.44. The van der Waals surface area contributed by atoms with E-state index in [0.29, 0.717) is 25.7 Å². The highest BCUT2D eigenvalue weighted by atomic mass is 16.9. The Hall–Kier alpha value is -2.50. The zero-order chi connectivity index (χ0) is 26.0. The number of carbonyl (C=O) groups is 2. The fourth-order valence-corrected chi connectivity index (χ4v) is 4.52. The molecule has 0 amide bonds. The second kappa shape index (κ2) is 14.0. The van der Waals surface area contributed by atoms with Crippen molar-refractivity contribution >= 4 is 11.9 Å². The summed E-state index contributed by atoms with van der Waals surface area (Å²) in [4.78, 5) is 31.5. The van der Waals surface area contributed by atoms with E-state index in [-0.39, 0.29) is 42.5 Å². The fourth-order valence-electron chi connectivity index (χ4n) is 4.52. The van der Waals surface area contributed by atoms with E-state index in [1.165, 1.54) is 0 Å². The number of esters is 1. The predicted molar refractivity (Wildman–Crippen MR) is 120 cm³/mol. The summed E-state index contributed by atoms with van der Waals surface area (Å²) in [7, 11) is 0. The van der Waals surface area contributed by atoms with Crippen molar-refractivity contribution < 1.29 is 45.0 Å². The SMILES string of the molecule is CC[C@H](C)C(=O)O[C@H]1C[C@H](O)C=C2C=C[C@H](C)[C@H](CC[C@@H](O)C[C@@H](O)CC(=O)O)[C@H]21.O=[N+]([O-])O. The third-order valence-corrected chi connectivity index (χ3v) is 6.44. The van der Waals surface area contributed by atoms with Crippen molar-refractivity contribution in [3.05, 3.63) is 33.9 Å². The highest BCUT2D eigenvalue weighted by molar-refractivity contribution is 5.72. The Labute approximate surface area is 198 Å². The Morgan fingerprint density at radius 2 is 1.91 bits per heavy atom. The van der Waals surface area contributed by atoms with E-state index in [1.54, 1.807) is 0 Å². The number of carbonyl (C=O) groups excluding carboxylic acids is 1. The maximum Gasteiger partial charge on any atom is 0.308 e. The molecule has 0 aromatic heterocycles. The summed E-state index contributed by atoms with van der Waals surface area (Å²) in [6.45, 7) is 5.85. The molecule has 2 aliphatic carbocycles. The largest absolute Gasteiger partial charge is 0.481 e. The molecule has 0 saturated carbocycles. The van der Waals surface area contributed by atoms with Gasteiger partial charge in [0.05, 0.1) is 30.7 Å². The Morgan fingerprint density at radius 1 is 1.29 bits per heavy atom. The van der Waals surface area contributed by atoms with Crippen LogP contribution < -0.4 is 0 Å².